The van der Waals surface area contributed by atoms with E-state index in [0.717, 1.165) is 51.9 Å². The highest BCUT2D eigenvalue weighted by Crippen LogP contribution is 2.36. The maximum Gasteiger partial charge on any atom is 0.326 e. The summed E-state index contributed by atoms with van der Waals surface area (Å²) in [5, 5.41) is 3.33. The second-order valence-electron chi connectivity index (χ2n) is 5.20. The number of ether oxygens (including phenoxy) is 2. The van der Waals surface area contributed by atoms with E-state index in [9.17, 15) is 4.79 Å². The summed E-state index contributed by atoms with van der Waals surface area (Å²) in [6.07, 6.45) is 3.87. The molecule has 1 aliphatic heterocycles. The van der Waals surface area contributed by atoms with Crippen LogP contribution in [0.1, 0.15) is 25.7 Å². The van der Waals surface area contributed by atoms with Crippen molar-refractivity contribution in [2.24, 2.45) is 0 Å². The number of methoxy groups -OCH3 is 2. The van der Waals surface area contributed by atoms with Gasteiger partial charge in [-0.15, -0.1) is 0 Å². The minimum absolute atomic E-state index is 0.0704. The zero-order valence-electron chi connectivity index (χ0n) is 11.4. The maximum atomic E-state index is 12.3. The zero-order chi connectivity index (χ0) is 13.0. The van der Waals surface area contributed by atoms with Crippen LogP contribution in [0.2, 0.25) is 0 Å². The molecule has 1 heterocycles. The lowest BCUT2D eigenvalue weighted by molar-refractivity contribution is -0.160. The molecular weight excluding hydrogens is 232 g/mol. The largest absolute Gasteiger partial charge is 0.468 e. The summed E-state index contributed by atoms with van der Waals surface area (Å²) in [5.41, 5.74) is -0.411. The van der Waals surface area contributed by atoms with E-state index in [1.165, 1.54) is 7.11 Å². The number of carbonyl (C=O) groups excluding carboxylic acids is 1. The topological polar surface area (TPSA) is 50.8 Å². The van der Waals surface area contributed by atoms with Crippen molar-refractivity contribution in [2.75, 3.05) is 40.4 Å². The van der Waals surface area contributed by atoms with E-state index in [1.807, 2.05) is 0 Å². The summed E-state index contributed by atoms with van der Waals surface area (Å²) in [6.45, 7) is 3.75. The van der Waals surface area contributed by atoms with Gasteiger partial charge in [-0.1, -0.05) is 0 Å². The summed E-state index contributed by atoms with van der Waals surface area (Å²) in [4.78, 5) is 14.6. The number of piperazine rings is 1. The smallest absolute Gasteiger partial charge is 0.326 e. The zero-order valence-corrected chi connectivity index (χ0v) is 11.4. The summed E-state index contributed by atoms with van der Waals surface area (Å²) < 4.78 is 10.5. The van der Waals surface area contributed by atoms with Crippen LogP contribution in [0.4, 0.5) is 0 Å². The van der Waals surface area contributed by atoms with Crippen molar-refractivity contribution in [1.82, 2.24) is 10.2 Å². The SMILES string of the molecule is COC(=O)C1(N2CCNCC2)CCC(OC)CC1. The second kappa shape index (κ2) is 5.99. The number of carbonyl (C=O) groups is 1. The molecule has 2 fully saturated rings. The maximum absolute atomic E-state index is 12.3. The van der Waals surface area contributed by atoms with E-state index in [4.69, 9.17) is 9.47 Å². The van der Waals surface area contributed by atoms with Gasteiger partial charge in [-0.05, 0) is 25.7 Å². The Bertz CT molecular complexity index is 282. The minimum atomic E-state index is -0.411. The Morgan fingerprint density at radius 3 is 2.33 bits per heavy atom. The highest BCUT2D eigenvalue weighted by molar-refractivity contribution is 5.81. The van der Waals surface area contributed by atoms with Crippen LogP contribution >= 0.6 is 0 Å². The number of esters is 1. The fourth-order valence-corrected chi connectivity index (χ4v) is 3.24. The predicted molar refractivity (Wildman–Crippen MR) is 68.5 cm³/mol. The van der Waals surface area contributed by atoms with Gasteiger partial charge in [0.25, 0.3) is 0 Å². The third-order valence-electron chi connectivity index (χ3n) is 4.38. The van der Waals surface area contributed by atoms with Crippen molar-refractivity contribution in [3.63, 3.8) is 0 Å². The van der Waals surface area contributed by atoms with E-state index in [0.29, 0.717) is 6.10 Å². The van der Waals surface area contributed by atoms with Gasteiger partial charge in [-0.2, -0.15) is 0 Å². The Balaban J connectivity index is 2.11. The van der Waals surface area contributed by atoms with Crippen molar-refractivity contribution in [3.8, 4) is 0 Å². The van der Waals surface area contributed by atoms with Crippen molar-refractivity contribution >= 4 is 5.97 Å². The van der Waals surface area contributed by atoms with Crippen LogP contribution in [-0.2, 0) is 14.3 Å². The first-order chi connectivity index (χ1) is 8.73. The van der Waals surface area contributed by atoms with E-state index >= 15 is 0 Å². The molecule has 5 nitrogen and oxygen atoms in total. The third kappa shape index (κ3) is 2.53. The van der Waals surface area contributed by atoms with Crippen LogP contribution in [0.15, 0.2) is 0 Å². The van der Waals surface area contributed by atoms with Crippen molar-refractivity contribution < 1.29 is 14.3 Å². The number of hydrogen-bond donors (Lipinski definition) is 1. The molecule has 104 valence electrons. The first kappa shape index (κ1) is 13.8. The lowest BCUT2D eigenvalue weighted by atomic mass is 9.78. The normalized spacial score (nSPS) is 34.2. The number of nitrogens with one attached hydrogen (secondary N) is 1. The van der Waals surface area contributed by atoms with Crippen LogP contribution in [0.3, 0.4) is 0 Å². The molecule has 2 rings (SSSR count). The van der Waals surface area contributed by atoms with Crippen molar-refractivity contribution in [1.29, 1.82) is 0 Å². The molecule has 2 aliphatic rings. The molecule has 0 aromatic heterocycles. The van der Waals surface area contributed by atoms with Gasteiger partial charge in [0, 0.05) is 33.3 Å². The standard InChI is InChI=1S/C13H24N2O3/c1-17-11-3-5-13(6-4-11,12(16)18-2)15-9-7-14-8-10-15/h11,14H,3-10H2,1-2H3. The molecule has 0 radical (unpaired) electrons. The molecule has 1 saturated heterocycles. The van der Waals surface area contributed by atoms with Crippen LogP contribution in [-0.4, -0.2) is 62.9 Å². The van der Waals surface area contributed by atoms with Gasteiger partial charge < -0.3 is 14.8 Å². The van der Waals surface area contributed by atoms with E-state index in [2.05, 4.69) is 10.2 Å². The Kier molecular flexibility index (Phi) is 4.59. The molecule has 5 heteroatoms. The average Bonchev–Trinajstić information content (AvgIpc) is 2.47. The molecule has 0 atom stereocenters. The quantitative estimate of drug-likeness (QED) is 0.740. The molecule has 0 aromatic rings. The van der Waals surface area contributed by atoms with Gasteiger partial charge in [-0.3, -0.25) is 9.69 Å². The van der Waals surface area contributed by atoms with Gasteiger partial charge >= 0.3 is 5.97 Å². The van der Waals surface area contributed by atoms with Crippen LogP contribution in [0.25, 0.3) is 0 Å². The fraction of sp³-hybridized carbons (Fsp3) is 0.923. The Hall–Kier alpha value is -0.650. The molecule has 0 amide bonds. The molecule has 18 heavy (non-hydrogen) atoms. The number of rotatable bonds is 3. The third-order valence-corrected chi connectivity index (χ3v) is 4.38. The molecule has 0 bridgehead atoms. The van der Waals surface area contributed by atoms with Crippen LogP contribution in [0.5, 0.6) is 0 Å². The highest BCUT2D eigenvalue weighted by Gasteiger charge is 2.47. The van der Waals surface area contributed by atoms with E-state index < -0.39 is 5.54 Å². The number of hydrogen-bond acceptors (Lipinski definition) is 5. The van der Waals surface area contributed by atoms with Crippen molar-refractivity contribution in [3.05, 3.63) is 0 Å². The lowest BCUT2D eigenvalue weighted by Crippen LogP contribution is -2.62. The fourth-order valence-electron chi connectivity index (χ4n) is 3.24. The molecule has 0 unspecified atom stereocenters. The van der Waals surface area contributed by atoms with Crippen LogP contribution in [0, 0.1) is 0 Å². The molecule has 1 N–H and O–H groups in total. The molecule has 1 saturated carbocycles. The van der Waals surface area contributed by atoms with E-state index in [-0.39, 0.29) is 5.97 Å². The summed E-state index contributed by atoms with van der Waals surface area (Å²) in [7, 11) is 3.25. The Labute approximate surface area is 109 Å². The van der Waals surface area contributed by atoms with Gasteiger partial charge in [0.2, 0.25) is 0 Å². The molecule has 1 aliphatic carbocycles. The summed E-state index contributed by atoms with van der Waals surface area (Å²) in [5.74, 6) is -0.0704. The summed E-state index contributed by atoms with van der Waals surface area (Å²) in [6, 6.07) is 0. The van der Waals surface area contributed by atoms with Crippen molar-refractivity contribution in [2.45, 2.75) is 37.3 Å². The monoisotopic (exact) mass is 256 g/mol. The lowest BCUT2D eigenvalue weighted by Gasteiger charge is -2.47. The van der Waals surface area contributed by atoms with E-state index in [1.54, 1.807) is 7.11 Å². The minimum Gasteiger partial charge on any atom is -0.468 e. The molecular formula is C13H24N2O3. The Morgan fingerprint density at radius 2 is 1.83 bits per heavy atom. The van der Waals surface area contributed by atoms with Gasteiger partial charge in [0.15, 0.2) is 0 Å². The Morgan fingerprint density at radius 1 is 1.22 bits per heavy atom. The second-order valence-corrected chi connectivity index (χ2v) is 5.20. The van der Waals surface area contributed by atoms with Gasteiger partial charge in [0.05, 0.1) is 13.2 Å². The first-order valence-corrected chi connectivity index (χ1v) is 6.80. The highest BCUT2D eigenvalue weighted by atomic mass is 16.5. The van der Waals surface area contributed by atoms with Gasteiger partial charge in [0.1, 0.15) is 5.54 Å². The molecule has 0 aromatic carbocycles. The average molecular weight is 256 g/mol. The first-order valence-electron chi connectivity index (χ1n) is 6.80. The number of nitrogens with zero attached hydrogens (tertiary/aromatic N) is 1. The van der Waals surface area contributed by atoms with Gasteiger partial charge in [-0.25, -0.2) is 0 Å². The predicted octanol–water partition coefficient (Wildman–Crippen LogP) is 0.392. The summed E-state index contributed by atoms with van der Waals surface area (Å²) >= 11 is 0. The van der Waals surface area contributed by atoms with Crippen LogP contribution < -0.4 is 5.32 Å². The molecule has 0 spiro atoms.